The second-order valence-corrected chi connectivity index (χ2v) is 11.1. The Morgan fingerprint density at radius 3 is 1.85 bits per heavy atom. The Morgan fingerprint density at radius 1 is 0.681 bits per heavy atom. The SMILES string of the molecule is NC(=O)CCNC(=O)[C@H](Cc1ccccc1)NC(=O)[C@@H](CCCN=C(N)N)NC(=O)[C@H](Cc1ccc(O)cc1)NCc1ccccc1. The predicted octanol–water partition coefficient (Wildman–Crippen LogP) is 0.351. The zero-order valence-corrected chi connectivity index (χ0v) is 26.2. The average molecular weight is 645 g/mol. The van der Waals surface area contributed by atoms with Crippen molar-refractivity contribution in [2.24, 2.45) is 22.2 Å². The predicted molar refractivity (Wildman–Crippen MR) is 180 cm³/mol. The molecule has 13 heteroatoms. The van der Waals surface area contributed by atoms with Gasteiger partial charge in [0, 0.05) is 32.5 Å². The molecule has 0 aliphatic carbocycles. The van der Waals surface area contributed by atoms with E-state index >= 15 is 0 Å². The molecule has 3 rings (SSSR count). The van der Waals surface area contributed by atoms with Crippen LogP contribution in [0, 0.1) is 0 Å². The summed E-state index contributed by atoms with van der Waals surface area (Å²) in [6.45, 7) is 0.634. The number of hydrogen-bond acceptors (Lipinski definition) is 7. The molecule has 250 valence electrons. The second kappa shape index (κ2) is 19.2. The third-order valence-corrected chi connectivity index (χ3v) is 7.25. The highest BCUT2D eigenvalue weighted by atomic mass is 16.3. The van der Waals surface area contributed by atoms with Gasteiger partial charge in [-0.2, -0.15) is 0 Å². The number of amides is 4. The smallest absolute Gasteiger partial charge is 0.243 e. The lowest BCUT2D eigenvalue weighted by atomic mass is 10.0. The molecule has 0 aliphatic heterocycles. The Labute approximate surface area is 274 Å². The number of rotatable bonds is 19. The van der Waals surface area contributed by atoms with Gasteiger partial charge in [0.25, 0.3) is 0 Å². The summed E-state index contributed by atoms with van der Waals surface area (Å²) >= 11 is 0. The van der Waals surface area contributed by atoms with Gasteiger partial charge in [-0.05, 0) is 48.1 Å². The molecule has 0 saturated carbocycles. The minimum Gasteiger partial charge on any atom is -0.508 e. The van der Waals surface area contributed by atoms with Crippen LogP contribution in [0.1, 0.15) is 36.0 Å². The van der Waals surface area contributed by atoms with Gasteiger partial charge in [-0.25, -0.2) is 0 Å². The molecule has 0 heterocycles. The summed E-state index contributed by atoms with van der Waals surface area (Å²) < 4.78 is 0. The second-order valence-electron chi connectivity index (χ2n) is 11.1. The number of benzene rings is 3. The molecule has 11 N–H and O–H groups in total. The summed E-state index contributed by atoms with van der Waals surface area (Å²) in [7, 11) is 0. The van der Waals surface area contributed by atoms with Crippen LogP contribution in [0.15, 0.2) is 89.9 Å². The summed E-state index contributed by atoms with van der Waals surface area (Å²) in [6.07, 6.45) is 0.941. The number of nitrogens with two attached hydrogens (primary N) is 3. The van der Waals surface area contributed by atoms with Gasteiger partial charge in [0.2, 0.25) is 23.6 Å². The maximum Gasteiger partial charge on any atom is 0.243 e. The maximum absolute atomic E-state index is 13.8. The molecule has 0 spiro atoms. The number of aromatic hydroxyl groups is 1. The van der Waals surface area contributed by atoms with Gasteiger partial charge >= 0.3 is 0 Å². The lowest BCUT2D eigenvalue weighted by Crippen LogP contribution is -2.57. The van der Waals surface area contributed by atoms with E-state index in [9.17, 15) is 24.3 Å². The monoisotopic (exact) mass is 644 g/mol. The van der Waals surface area contributed by atoms with Crippen LogP contribution >= 0.6 is 0 Å². The number of nitrogens with zero attached hydrogens (tertiary/aromatic N) is 1. The standard InChI is InChI=1S/C34H44N8O5/c35-30(44)17-19-38-31(45)29(21-23-8-3-1-4-9-23)42-32(46)27(12-7-18-39-34(36)37)41-33(47)28(20-24-13-15-26(43)16-14-24)40-22-25-10-5-2-6-11-25/h1-6,8-11,13-16,27-29,40,43H,7,12,17-22H2,(H2,35,44)(H,38,45)(H,41,47)(H,42,46)(H4,36,37,39)/t27-,28+,29+/m1/s1. The lowest BCUT2D eigenvalue weighted by molar-refractivity contribution is -0.132. The molecule has 0 aliphatic rings. The number of carbonyl (C=O) groups is 4. The van der Waals surface area contributed by atoms with Gasteiger partial charge in [-0.3, -0.25) is 24.2 Å². The number of guanidine groups is 1. The van der Waals surface area contributed by atoms with Gasteiger partial charge < -0.3 is 43.6 Å². The van der Waals surface area contributed by atoms with Crippen LogP contribution in [0.3, 0.4) is 0 Å². The molecule has 0 unspecified atom stereocenters. The number of nitrogens with one attached hydrogen (secondary N) is 4. The molecule has 4 amide bonds. The van der Waals surface area contributed by atoms with Crippen molar-refractivity contribution < 1.29 is 24.3 Å². The fourth-order valence-corrected chi connectivity index (χ4v) is 4.77. The van der Waals surface area contributed by atoms with Crippen molar-refractivity contribution in [3.05, 3.63) is 102 Å². The molecule has 0 saturated heterocycles. The Bertz CT molecular complexity index is 1460. The zero-order valence-electron chi connectivity index (χ0n) is 26.2. The van der Waals surface area contributed by atoms with Crippen molar-refractivity contribution in [2.75, 3.05) is 13.1 Å². The van der Waals surface area contributed by atoms with E-state index in [1.54, 1.807) is 24.3 Å². The minimum atomic E-state index is -1.03. The maximum atomic E-state index is 13.8. The number of carbonyl (C=O) groups excluding carboxylic acids is 4. The van der Waals surface area contributed by atoms with Crippen LogP contribution < -0.4 is 38.5 Å². The van der Waals surface area contributed by atoms with Gasteiger partial charge in [-0.15, -0.1) is 0 Å². The van der Waals surface area contributed by atoms with E-state index in [1.807, 2.05) is 60.7 Å². The van der Waals surface area contributed by atoms with E-state index < -0.39 is 41.8 Å². The first-order valence-electron chi connectivity index (χ1n) is 15.4. The van der Waals surface area contributed by atoms with Crippen LogP contribution in [0.2, 0.25) is 0 Å². The van der Waals surface area contributed by atoms with E-state index in [1.165, 1.54) is 0 Å². The summed E-state index contributed by atoms with van der Waals surface area (Å²) in [5.41, 5.74) is 18.7. The van der Waals surface area contributed by atoms with Gasteiger partial charge in [0.15, 0.2) is 5.96 Å². The summed E-state index contributed by atoms with van der Waals surface area (Å²) in [5.74, 6) is -2.05. The molecule has 0 fully saturated rings. The summed E-state index contributed by atoms with van der Waals surface area (Å²) in [5, 5.41) is 21.3. The Balaban J connectivity index is 1.81. The topological polar surface area (TPSA) is 227 Å². The minimum absolute atomic E-state index is 0.0139. The Hall–Kier alpha value is -5.43. The molecule has 0 aromatic heterocycles. The van der Waals surface area contributed by atoms with Crippen molar-refractivity contribution in [2.45, 2.75) is 56.8 Å². The fraction of sp³-hybridized carbons (Fsp3) is 0.324. The van der Waals surface area contributed by atoms with E-state index in [-0.39, 0.29) is 50.5 Å². The van der Waals surface area contributed by atoms with E-state index in [0.29, 0.717) is 13.0 Å². The van der Waals surface area contributed by atoms with Crippen molar-refractivity contribution in [1.29, 1.82) is 0 Å². The van der Waals surface area contributed by atoms with E-state index in [4.69, 9.17) is 17.2 Å². The molecule has 0 radical (unpaired) electrons. The highest BCUT2D eigenvalue weighted by molar-refractivity contribution is 5.93. The summed E-state index contributed by atoms with van der Waals surface area (Å²) in [4.78, 5) is 55.9. The number of aliphatic imine (C=N–C) groups is 1. The molecular weight excluding hydrogens is 600 g/mol. The highest BCUT2D eigenvalue weighted by Gasteiger charge is 2.29. The van der Waals surface area contributed by atoms with Crippen molar-refractivity contribution in [3.8, 4) is 5.75 Å². The highest BCUT2D eigenvalue weighted by Crippen LogP contribution is 2.13. The van der Waals surface area contributed by atoms with Gasteiger partial charge in [0.05, 0.1) is 6.04 Å². The van der Waals surface area contributed by atoms with Crippen LogP contribution in [-0.2, 0) is 38.6 Å². The zero-order chi connectivity index (χ0) is 34.0. The quantitative estimate of drug-likeness (QED) is 0.0515. The molecule has 0 bridgehead atoms. The molecule has 3 atom stereocenters. The molecule has 3 aromatic rings. The third-order valence-electron chi connectivity index (χ3n) is 7.25. The largest absolute Gasteiger partial charge is 0.508 e. The molecular formula is C34H44N8O5. The average Bonchev–Trinajstić information content (AvgIpc) is 3.05. The van der Waals surface area contributed by atoms with Crippen molar-refractivity contribution in [1.82, 2.24) is 21.3 Å². The number of phenolic OH excluding ortho intramolecular Hbond substituents is 1. The van der Waals surface area contributed by atoms with Gasteiger partial charge in [0.1, 0.15) is 17.8 Å². The van der Waals surface area contributed by atoms with Crippen LogP contribution in [0.4, 0.5) is 0 Å². The van der Waals surface area contributed by atoms with Gasteiger partial charge in [-0.1, -0.05) is 72.8 Å². The molecule has 3 aromatic carbocycles. The van der Waals surface area contributed by atoms with Crippen molar-refractivity contribution in [3.63, 3.8) is 0 Å². The number of phenols is 1. The van der Waals surface area contributed by atoms with Crippen LogP contribution in [-0.4, -0.2) is 65.9 Å². The van der Waals surface area contributed by atoms with Crippen molar-refractivity contribution >= 4 is 29.6 Å². The van der Waals surface area contributed by atoms with Crippen LogP contribution in [0.25, 0.3) is 0 Å². The first-order chi connectivity index (χ1) is 22.6. The van der Waals surface area contributed by atoms with E-state index in [0.717, 1.165) is 16.7 Å². The van der Waals surface area contributed by atoms with E-state index in [2.05, 4.69) is 26.3 Å². The fourth-order valence-electron chi connectivity index (χ4n) is 4.77. The third kappa shape index (κ3) is 13.6. The van der Waals surface area contributed by atoms with Crippen LogP contribution in [0.5, 0.6) is 5.75 Å². The number of hydrogen-bond donors (Lipinski definition) is 8. The number of primary amides is 1. The first kappa shape index (κ1) is 36.0. The molecule has 13 nitrogen and oxygen atoms in total. The molecule has 47 heavy (non-hydrogen) atoms. The first-order valence-corrected chi connectivity index (χ1v) is 15.4. The normalized spacial score (nSPS) is 12.6. The Kier molecular flexibility index (Phi) is 14.7. The Morgan fingerprint density at radius 2 is 1.23 bits per heavy atom. The lowest BCUT2D eigenvalue weighted by Gasteiger charge is -2.26. The summed E-state index contributed by atoms with van der Waals surface area (Å²) in [6, 6.07) is 22.5.